The van der Waals surface area contributed by atoms with E-state index >= 15 is 0 Å². The van der Waals surface area contributed by atoms with Gasteiger partial charge in [0.15, 0.2) is 8.32 Å². The average molecular weight is 325 g/mol. The molecule has 0 fully saturated rings. The van der Waals surface area contributed by atoms with Gasteiger partial charge in [0.05, 0.1) is 6.04 Å². The molecule has 0 amide bonds. The van der Waals surface area contributed by atoms with Crippen molar-refractivity contribution in [3.63, 3.8) is 0 Å². The number of aliphatic carboxylic acids is 1. The largest absolute Gasteiger partial charge is 0.481 e. The number of carbonyl (C=O) groups excluding carboxylic acids is 1. The van der Waals surface area contributed by atoms with E-state index in [0.717, 1.165) is 0 Å². The second-order valence-corrected chi connectivity index (χ2v) is 18.2. The minimum Gasteiger partial charge on any atom is -0.481 e. The van der Waals surface area contributed by atoms with E-state index in [2.05, 4.69) is 0 Å². The third kappa shape index (κ3) is 9.10. The smallest absolute Gasteiger partial charge is 0.311 e. The molecular weight excluding hydrogens is 300 g/mol. The predicted molar refractivity (Wildman–Crippen MR) is 79.1 cm³/mol. The van der Waals surface area contributed by atoms with Crippen LogP contribution >= 0.6 is 0 Å². The van der Waals surface area contributed by atoms with E-state index in [1.165, 1.54) is 0 Å². The first kappa shape index (κ1) is 18.5. The molecule has 112 valence electrons. The van der Waals surface area contributed by atoms with E-state index in [1.54, 1.807) is 0 Å². The lowest BCUT2D eigenvalue weighted by atomic mass is 10.8. The Balaban J connectivity index is 4.61. The Morgan fingerprint density at radius 1 is 1.05 bits per heavy atom. The van der Waals surface area contributed by atoms with Gasteiger partial charge in [-0.15, -0.1) is 0 Å². The monoisotopic (exact) mass is 324 g/mol. The average Bonchev–Trinajstić information content (AvgIpc) is 2.08. The van der Waals surface area contributed by atoms with Crippen LogP contribution in [0.4, 0.5) is 0 Å². The fourth-order valence-electron chi connectivity index (χ4n) is 2.02. The van der Waals surface area contributed by atoms with E-state index in [4.69, 9.17) is 18.1 Å². The van der Waals surface area contributed by atoms with Crippen molar-refractivity contribution >= 4 is 37.6 Å². The van der Waals surface area contributed by atoms with E-state index in [-0.39, 0.29) is 12.3 Å². The topological polar surface area (TPSA) is 82.1 Å². The van der Waals surface area contributed by atoms with Crippen molar-refractivity contribution in [2.75, 3.05) is 6.23 Å². The summed E-state index contributed by atoms with van der Waals surface area (Å²) in [5.41, 5.74) is 0. The summed E-state index contributed by atoms with van der Waals surface area (Å²) >= 11 is 0. The van der Waals surface area contributed by atoms with Crippen molar-refractivity contribution in [2.45, 2.75) is 45.3 Å². The van der Waals surface area contributed by atoms with Crippen LogP contribution in [0.15, 0.2) is 0 Å². The fraction of sp³-hybridized carbons (Fsp3) is 0.800. The van der Waals surface area contributed by atoms with E-state index < -0.39 is 31.2 Å². The quantitative estimate of drug-likeness (QED) is 0.515. The summed E-state index contributed by atoms with van der Waals surface area (Å²) in [6.07, 6.45) is 0.275. The van der Waals surface area contributed by atoms with Crippen molar-refractivity contribution in [1.29, 1.82) is 0 Å². The second kappa shape index (κ2) is 6.79. The lowest BCUT2D eigenvalue weighted by Gasteiger charge is -2.37. The number of carboxylic acids is 1. The summed E-state index contributed by atoms with van der Waals surface area (Å²) in [6, 6.07) is 0.0552. The van der Waals surface area contributed by atoms with Gasteiger partial charge in [-0.25, -0.2) is 0 Å². The molecule has 6 nitrogen and oxygen atoms in total. The second-order valence-electron chi connectivity index (χ2n) is 6.10. The molecular formula is C10H24O6Si3. The van der Waals surface area contributed by atoms with E-state index in [1.807, 2.05) is 39.3 Å². The SMILES string of the molecule is C[Si](C)(COC=O)O[Si](C)(C)O[Si](C)(C)CC(=O)O. The van der Waals surface area contributed by atoms with Gasteiger partial charge in [-0.05, 0) is 39.3 Å². The molecule has 0 aromatic heterocycles. The number of hydrogen-bond acceptors (Lipinski definition) is 5. The zero-order valence-corrected chi connectivity index (χ0v) is 15.5. The minimum atomic E-state index is -2.43. The lowest BCUT2D eigenvalue weighted by molar-refractivity contribution is -0.134. The van der Waals surface area contributed by atoms with E-state index in [9.17, 15) is 9.59 Å². The summed E-state index contributed by atoms with van der Waals surface area (Å²) in [7, 11) is -6.85. The summed E-state index contributed by atoms with van der Waals surface area (Å²) in [5, 5.41) is 8.87. The molecule has 0 radical (unpaired) electrons. The Kier molecular flexibility index (Phi) is 6.62. The molecule has 0 spiro atoms. The number of carbonyl (C=O) groups is 2. The maximum Gasteiger partial charge on any atom is 0.311 e. The standard InChI is InChI=1S/C10H24O6Si3/c1-17(2,7-10(12)13)15-19(5,6)16-18(3,4)9-14-8-11/h8H,7,9H2,1-6H3,(H,12,13). The predicted octanol–water partition coefficient (Wildman–Crippen LogP) is 1.93. The van der Waals surface area contributed by atoms with Crippen LogP contribution in [0.2, 0.25) is 45.3 Å². The Bertz CT molecular complexity index is 329. The molecule has 0 bridgehead atoms. The van der Waals surface area contributed by atoms with Gasteiger partial charge in [-0.2, -0.15) is 0 Å². The van der Waals surface area contributed by atoms with Crippen molar-refractivity contribution < 1.29 is 27.7 Å². The van der Waals surface area contributed by atoms with Crippen LogP contribution in [-0.2, 0) is 22.6 Å². The molecule has 0 atom stereocenters. The van der Waals surface area contributed by atoms with Crippen molar-refractivity contribution in [1.82, 2.24) is 0 Å². The van der Waals surface area contributed by atoms with Crippen LogP contribution in [-0.4, -0.2) is 49.0 Å². The van der Waals surface area contributed by atoms with Crippen LogP contribution in [0.1, 0.15) is 0 Å². The third-order valence-electron chi connectivity index (χ3n) is 2.12. The van der Waals surface area contributed by atoms with Gasteiger partial charge in [0.25, 0.3) is 6.47 Å². The summed E-state index contributed by atoms with van der Waals surface area (Å²) < 4.78 is 16.9. The van der Waals surface area contributed by atoms with Gasteiger partial charge in [0.1, 0.15) is 6.23 Å². The Hall–Kier alpha value is -0.489. The van der Waals surface area contributed by atoms with Crippen molar-refractivity contribution in [3.05, 3.63) is 0 Å². The molecule has 19 heavy (non-hydrogen) atoms. The fourth-order valence-corrected chi connectivity index (χ4v) is 14.9. The molecule has 0 rings (SSSR count). The zero-order chi connectivity index (χ0) is 15.3. The number of ether oxygens (including phenoxy) is 1. The first-order chi connectivity index (χ1) is 8.39. The highest BCUT2D eigenvalue weighted by molar-refractivity contribution is 6.88. The van der Waals surface area contributed by atoms with Crippen LogP contribution in [0, 0.1) is 0 Å². The van der Waals surface area contributed by atoms with Gasteiger partial charge < -0.3 is 18.1 Å². The first-order valence-corrected chi connectivity index (χ1v) is 15.1. The minimum absolute atomic E-state index is 0.0552. The normalized spacial score (nSPS) is 13.2. The Morgan fingerprint density at radius 3 is 1.95 bits per heavy atom. The first-order valence-electron chi connectivity index (χ1n) is 6.06. The highest BCUT2D eigenvalue weighted by Crippen LogP contribution is 2.22. The molecule has 0 aliphatic carbocycles. The van der Waals surface area contributed by atoms with Crippen LogP contribution in [0.5, 0.6) is 0 Å². The van der Waals surface area contributed by atoms with Crippen LogP contribution in [0.25, 0.3) is 0 Å². The van der Waals surface area contributed by atoms with Crippen LogP contribution in [0.3, 0.4) is 0 Å². The number of rotatable bonds is 9. The van der Waals surface area contributed by atoms with Gasteiger partial charge >= 0.3 is 14.5 Å². The van der Waals surface area contributed by atoms with Crippen molar-refractivity contribution in [2.24, 2.45) is 0 Å². The molecule has 0 saturated heterocycles. The van der Waals surface area contributed by atoms with Gasteiger partial charge in [-0.3, -0.25) is 9.59 Å². The summed E-state index contributed by atoms with van der Waals surface area (Å²) in [6.45, 7) is 11.8. The molecule has 0 aromatic rings. The van der Waals surface area contributed by atoms with Crippen LogP contribution < -0.4 is 0 Å². The molecule has 0 heterocycles. The summed E-state index contributed by atoms with van der Waals surface area (Å²) in [5.74, 6) is -0.845. The molecule has 1 N–H and O–H groups in total. The van der Waals surface area contributed by atoms with Gasteiger partial charge in [-0.1, -0.05) is 0 Å². The van der Waals surface area contributed by atoms with Gasteiger partial charge in [0, 0.05) is 0 Å². The molecule has 0 aliphatic heterocycles. The number of hydrogen-bond donors (Lipinski definition) is 1. The van der Waals surface area contributed by atoms with E-state index in [0.29, 0.717) is 6.47 Å². The van der Waals surface area contributed by atoms with Gasteiger partial charge in [0.2, 0.25) is 8.32 Å². The molecule has 0 aromatic carbocycles. The highest BCUT2D eigenvalue weighted by Gasteiger charge is 2.40. The molecule has 9 heteroatoms. The maximum atomic E-state index is 10.8. The Labute approximate surface area is 117 Å². The molecule has 0 unspecified atom stereocenters. The van der Waals surface area contributed by atoms with Crippen molar-refractivity contribution in [3.8, 4) is 0 Å². The Morgan fingerprint density at radius 2 is 1.53 bits per heavy atom. The zero-order valence-electron chi connectivity index (χ0n) is 12.5. The molecule has 0 saturated carbocycles. The number of carboxylic acid groups (broad SMARTS) is 1. The lowest BCUT2D eigenvalue weighted by Crippen LogP contribution is -2.54. The third-order valence-corrected chi connectivity index (χ3v) is 12.5. The summed E-state index contributed by atoms with van der Waals surface area (Å²) in [4.78, 5) is 21.0. The highest BCUT2D eigenvalue weighted by atomic mass is 28.5. The maximum absolute atomic E-state index is 10.8. The molecule has 0 aliphatic rings.